The van der Waals surface area contributed by atoms with Gasteiger partial charge in [0.25, 0.3) is 5.91 Å². The number of hydrogen-bond donors (Lipinski definition) is 2. The summed E-state index contributed by atoms with van der Waals surface area (Å²) in [5, 5.41) is 13.6. The number of amides is 2. The van der Waals surface area contributed by atoms with Crippen molar-refractivity contribution < 1.29 is 14.3 Å². The van der Waals surface area contributed by atoms with Crippen LogP contribution in [0.3, 0.4) is 0 Å². The molecule has 0 aliphatic carbocycles. The Morgan fingerprint density at radius 2 is 1.93 bits per heavy atom. The largest absolute Gasteiger partial charge is 0.481 e. The van der Waals surface area contributed by atoms with E-state index in [1.54, 1.807) is 24.3 Å². The van der Waals surface area contributed by atoms with Crippen LogP contribution >= 0.6 is 0 Å². The molecule has 0 saturated heterocycles. The van der Waals surface area contributed by atoms with Gasteiger partial charge in [-0.1, -0.05) is 36.1 Å². The van der Waals surface area contributed by atoms with E-state index in [2.05, 4.69) is 32.7 Å². The summed E-state index contributed by atoms with van der Waals surface area (Å²) in [5.74, 6) is 5.71. The van der Waals surface area contributed by atoms with E-state index in [1.165, 1.54) is 17.9 Å². The molecule has 0 aliphatic heterocycles. The van der Waals surface area contributed by atoms with Crippen molar-refractivity contribution in [3.8, 4) is 23.3 Å². The van der Waals surface area contributed by atoms with Gasteiger partial charge in [-0.25, -0.2) is 0 Å². The first-order valence-corrected chi connectivity index (χ1v) is 8.84. The standard InChI is InChI=1S/C21H19N5O3/c1-16(27)24-17-8-7-11-19(14-17)29-13-6-5-12-22-21(28)20-15-23-26(25-20)18-9-3-2-4-10-18/h2-4,7-11,14-15H,12-13H2,1H3,(H,22,28)(H,24,27). The van der Waals surface area contributed by atoms with Crippen LogP contribution < -0.4 is 15.4 Å². The highest BCUT2D eigenvalue weighted by Gasteiger charge is 2.10. The number of rotatable bonds is 6. The van der Waals surface area contributed by atoms with Crippen LogP contribution in [0.5, 0.6) is 5.75 Å². The average molecular weight is 389 g/mol. The van der Waals surface area contributed by atoms with Crippen LogP contribution in [0, 0.1) is 11.8 Å². The maximum absolute atomic E-state index is 12.1. The zero-order chi connectivity index (χ0) is 20.5. The summed E-state index contributed by atoms with van der Waals surface area (Å²) in [7, 11) is 0. The second-order valence-electron chi connectivity index (χ2n) is 5.89. The third kappa shape index (κ3) is 5.94. The molecule has 2 N–H and O–H groups in total. The first kappa shape index (κ1) is 19.6. The third-order valence-corrected chi connectivity index (χ3v) is 3.64. The fourth-order valence-electron chi connectivity index (χ4n) is 2.37. The smallest absolute Gasteiger partial charge is 0.274 e. The molecule has 3 rings (SSSR count). The Morgan fingerprint density at radius 1 is 1.10 bits per heavy atom. The van der Waals surface area contributed by atoms with Gasteiger partial charge < -0.3 is 15.4 Å². The van der Waals surface area contributed by atoms with Crippen molar-refractivity contribution in [3.63, 3.8) is 0 Å². The van der Waals surface area contributed by atoms with Crippen molar-refractivity contribution >= 4 is 17.5 Å². The van der Waals surface area contributed by atoms with E-state index in [9.17, 15) is 9.59 Å². The highest BCUT2D eigenvalue weighted by molar-refractivity contribution is 5.92. The van der Waals surface area contributed by atoms with E-state index in [4.69, 9.17) is 4.74 Å². The minimum atomic E-state index is -0.356. The molecule has 1 aromatic heterocycles. The predicted molar refractivity (Wildman–Crippen MR) is 108 cm³/mol. The molecule has 0 spiro atoms. The Kier molecular flexibility index (Phi) is 6.58. The molecule has 8 nitrogen and oxygen atoms in total. The second-order valence-corrected chi connectivity index (χ2v) is 5.89. The van der Waals surface area contributed by atoms with Gasteiger partial charge in [0.15, 0.2) is 5.69 Å². The van der Waals surface area contributed by atoms with Gasteiger partial charge in [-0.15, -0.1) is 5.10 Å². The lowest BCUT2D eigenvalue weighted by Crippen LogP contribution is -2.24. The van der Waals surface area contributed by atoms with E-state index in [1.807, 2.05) is 30.3 Å². The third-order valence-electron chi connectivity index (χ3n) is 3.64. The maximum atomic E-state index is 12.1. The van der Waals surface area contributed by atoms with E-state index in [0.717, 1.165) is 5.69 Å². The number of aromatic nitrogens is 3. The number of carbonyl (C=O) groups excluding carboxylic acids is 2. The van der Waals surface area contributed by atoms with E-state index < -0.39 is 0 Å². The summed E-state index contributed by atoms with van der Waals surface area (Å²) in [4.78, 5) is 24.6. The lowest BCUT2D eigenvalue weighted by Gasteiger charge is -2.05. The van der Waals surface area contributed by atoms with Gasteiger partial charge in [-0.2, -0.15) is 9.90 Å². The number of ether oxygens (including phenoxy) is 1. The van der Waals surface area contributed by atoms with Crippen LogP contribution in [0.1, 0.15) is 17.4 Å². The molecule has 0 radical (unpaired) electrons. The Hall–Kier alpha value is -4.12. The summed E-state index contributed by atoms with van der Waals surface area (Å²) in [5.41, 5.74) is 1.63. The van der Waals surface area contributed by atoms with Crippen molar-refractivity contribution in [2.45, 2.75) is 6.92 Å². The molecule has 0 saturated carbocycles. The summed E-state index contributed by atoms with van der Waals surface area (Å²) in [6.45, 7) is 1.76. The normalized spacial score (nSPS) is 9.83. The topological polar surface area (TPSA) is 98.1 Å². The van der Waals surface area contributed by atoms with Crippen LogP contribution in [0.4, 0.5) is 5.69 Å². The van der Waals surface area contributed by atoms with Crippen molar-refractivity contribution in [2.24, 2.45) is 0 Å². The molecule has 3 aromatic rings. The first-order valence-electron chi connectivity index (χ1n) is 8.84. The van der Waals surface area contributed by atoms with Crippen molar-refractivity contribution in [2.75, 3.05) is 18.5 Å². The minimum absolute atomic E-state index is 0.151. The molecule has 8 heteroatoms. The molecule has 0 fully saturated rings. The molecule has 2 amide bonds. The Labute approximate surface area is 167 Å². The summed E-state index contributed by atoms with van der Waals surface area (Å²) in [6.07, 6.45) is 1.40. The monoisotopic (exact) mass is 389 g/mol. The fraction of sp³-hybridized carbons (Fsp3) is 0.143. The number of para-hydroxylation sites is 1. The van der Waals surface area contributed by atoms with Crippen LogP contribution in [-0.2, 0) is 4.79 Å². The molecule has 0 atom stereocenters. The summed E-state index contributed by atoms with van der Waals surface area (Å²) in [6, 6.07) is 16.3. The molecular formula is C21H19N5O3. The van der Waals surface area contributed by atoms with Crippen LogP contribution in [0.2, 0.25) is 0 Å². The van der Waals surface area contributed by atoms with Gasteiger partial charge in [0.2, 0.25) is 5.91 Å². The van der Waals surface area contributed by atoms with Gasteiger partial charge in [0.1, 0.15) is 12.4 Å². The fourth-order valence-corrected chi connectivity index (χ4v) is 2.37. The zero-order valence-electron chi connectivity index (χ0n) is 15.8. The molecule has 0 aliphatic rings. The molecule has 0 bridgehead atoms. The van der Waals surface area contributed by atoms with Crippen LogP contribution in [0.25, 0.3) is 5.69 Å². The predicted octanol–water partition coefficient (Wildman–Crippen LogP) is 2.04. The van der Waals surface area contributed by atoms with Crippen molar-refractivity contribution in [3.05, 3.63) is 66.5 Å². The SMILES string of the molecule is CC(=O)Nc1cccc(OCC#CCNC(=O)c2cnn(-c3ccccc3)n2)c1. The number of nitrogens with one attached hydrogen (secondary N) is 2. The number of carbonyl (C=O) groups is 2. The number of anilines is 1. The Bertz CT molecular complexity index is 1050. The first-order chi connectivity index (χ1) is 14.1. The molecule has 29 heavy (non-hydrogen) atoms. The highest BCUT2D eigenvalue weighted by atomic mass is 16.5. The second kappa shape index (κ2) is 9.71. The van der Waals surface area contributed by atoms with E-state index in [0.29, 0.717) is 11.4 Å². The number of hydrogen-bond acceptors (Lipinski definition) is 5. The summed E-state index contributed by atoms with van der Waals surface area (Å²) >= 11 is 0. The Balaban J connectivity index is 1.44. The van der Waals surface area contributed by atoms with Gasteiger partial charge in [-0.3, -0.25) is 9.59 Å². The quantitative estimate of drug-likeness (QED) is 0.629. The van der Waals surface area contributed by atoms with Gasteiger partial charge in [0, 0.05) is 18.7 Å². The van der Waals surface area contributed by atoms with Crippen LogP contribution in [0.15, 0.2) is 60.8 Å². The van der Waals surface area contributed by atoms with E-state index in [-0.39, 0.29) is 30.7 Å². The van der Waals surface area contributed by atoms with Crippen molar-refractivity contribution in [1.82, 2.24) is 20.3 Å². The average Bonchev–Trinajstić information content (AvgIpc) is 3.21. The number of nitrogens with zero attached hydrogens (tertiary/aromatic N) is 3. The molecule has 0 unspecified atom stereocenters. The molecule has 1 heterocycles. The highest BCUT2D eigenvalue weighted by Crippen LogP contribution is 2.16. The zero-order valence-corrected chi connectivity index (χ0v) is 15.8. The number of benzene rings is 2. The molecule has 2 aromatic carbocycles. The van der Waals surface area contributed by atoms with Gasteiger partial charge >= 0.3 is 0 Å². The molecule has 146 valence electrons. The maximum Gasteiger partial charge on any atom is 0.274 e. The molecular weight excluding hydrogens is 370 g/mol. The van der Waals surface area contributed by atoms with E-state index >= 15 is 0 Å². The Morgan fingerprint density at radius 3 is 2.72 bits per heavy atom. The lowest BCUT2D eigenvalue weighted by molar-refractivity contribution is -0.114. The minimum Gasteiger partial charge on any atom is -0.481 e. The van der Waals surface area contributed by atoms with Crippen LogP contribution in [-0.4, -0.2) is 40.0 Å². The van der Waals surface area contributed by atoms with Gasteiger partial charge in [0.05, 0.1) is 18.4 Å². The lowest BCUT2D eigenvalue weighted by atomic mass is 10.3. The van der Waals surface area contributed by atoms with Crippen molar-refractivity contribution in [1.29, 1.82) is 0 Å². The van der Waals surface area contributed by atoms with Gasteiger partial charge in [-0.05, 0) is 24.3 Å². The summed E-state index contributed by atoms with van der Waals surface area (Å²) < 4.78 is 5.51.